The molecule has 2 nitrogen and oxygen atoms in total. The fraction of sp³-hybridized carbons (Fsp3) is 0.800. The molecule has 0 saturated heterocycles. The van der Waals surface area contributed by atoms with Gasteiger partial charge in [0.1, 0.15) is 5.78 Å². The van der Waals surface area contributed by atoms with E-state index in [-0.39, 0.29) is 12.2 Å². The molecule has 0 aromatic carbocycles. The maximum absolute atomic E-state index is 10.1. The summed E-state index contributed by atoms with van der Waals surface area (Å²) in [6.07, 6.45) is -0.558. The van der Waals surface area contributed by atoms with Crippen LogP contribution in [-0.2, 0) is 4.79 Å². The van der Waals surface area contributed by atoms with Gasteiger partial charge in [-0.3, -0.25) is 0 Å². The van der Waals surface area contributed by atoms with Crippen LogP contribution in [0.2, 0.25) is 0 Å². The molecular formula is C5H9O2-. The van der Waals surface area contributed by atoms with E-state index < -0.39 is 6.10 Å². The van der Waals surface area contributed by atoms with Gasteiger partial charge >= 0.3 is 0 Å². The largest absolute Gasteiger partial charge is 0.852 e. The summed E-state index contributed by atoms with van der Waals surface area (Å²) in [5, 5.41) is 10.1. The molecule has 0 radical (unpaired) electrons. The van der Waals surface area contributed by atoms with Crippen molar-refractivity contribution in [3.8, 4) is 0 Å². The van der Waals surface area contributed by atoms with Gasteiger partial charge in [-0.05, 0) is 13.3 Å². The topological polar surface area (TPSA) is 40.1 Å². The van der Waals surface area contributed by atoms with Gasteiger partial charge in [0.15, 0.2) is 0 Å². The molecule has 0 aliphatic rings. The molecule has 1 atom stereocenters. The lowest BCUT2D eigenvalue weighted by molar-refractivity contribution is -0.412. The Balaban J connectivity index is 3.13. The maximum Gasteiger partial charge on any atom is 0.128 e. The molecule has 0 spiro atoms. The lowest BCUT2D eigenvalue weighted by Crippen LogP contribution is -2.22. The molecule has 0 N–H and O–H groups in total. The summed E-state index contributed by atoms with van der Waals surface area (Å²) in [4.78, 5) is 10.1. The highest BCUT2D eigenvalue weighted by Gasteiger charge is 1.89. The number of rotatable bonds is 2. The number of hydrogen-bond acceptors (Lipinski definition) is 2. The summed E-state index contributed by atoms with van der Waals surface area (Å²) < 4.78 is 0. The predicted octanol–water partition coefficient (Wildman–Crippen LogP) is -0.286. The minimum Gasteiger partial charge on any atom is -0.852 e. The van der Waals surface area contributed by atoms with Crippen LogP contribution in [0.5, 0.6) is 0 Å². The van der Waals surface area contributed by atoms with Crippen LogP contribution in [0, 0.1) is 0 Å². The fourth-order valence-electron chi connectivity index (χ4n) is 0.405. The Kier molecular flexibility index (Phi) is 2.60. The van der Waals surface area contributed by atoms with Gasteiger partial charge in [-0.2, -0.15) is 0 Å². The van der Waals surface area contributed by atoms with Crippen LogP contribution in [-0.4, -0.2) is 11.9 Å². The first kappa shape index (κ1) is 6.63. The molecule has 7 heavy (non-hydrogen) atoms. The Bertz CT molecular complexity index is 66.5. The molecule has 0 aromatic heterocycles. The van der Waals surface area contributed by atoms with Crippen molar-refractivity contribution in [2.45, 2.75) is 26.4 Å². The molecule has 0 aliphatic heterocycles. The van der Waals surface area contributed by atoms with Crippen LogP contribution in [0.25, 0.3) is 0 Å². The maximum atomic E-state index is 10.1. The number of Topliss-reactive ketones (excluding diaryl/α,β-unsaturated/α-hetero) is 1. The third-order valence-corrected chi connectivity index (χ3v) is 0.575. The smallest absolute Gasteiger partial charge is 0.128 e. The Hall–Kier alpha value is -0.370. The van der Waals surface area contributed by atoms with E-state index >= 15 is 0 Å². The van der Waals surface area contributed by atoms with E-state index in [0.717, 1.165) is 0 Å². The van der Waals surface area contributed by atoms with Gasteiger partial charge < -0.3 is 9.90 Å². The molecule has 0 aromatic rings. The highest BCUT2D eigenvalue weighted by molar-refractivity contribution is 5.75. The molecule has 42 valence electrons. The van der Waals surface area contributed by atoms with Crippen molar-refractivity contribution in [1.29, 1.82) is 0 Å². The van der Waals surface area contributed by atoms with Crippen LogP contribution in [0.4, 0.5) is 0 Å². The standard InChI is InChI=1S/C5H9O2/c1-4(6)3-5(2)7/h4H,3H2,1-2H3/q-1. The van der Waals surface area contributed by atoms with E-state index in [4.69, 9.17) is 0 Å². The molecule has 0 aliphatic carbocycles. The third kappa shape index (κ3) is 5.63. The van der Waals surface area contributed by atoms with E-state index in [2.05, 4.69) is 0 Å². The van der Waals surface area contributed by atoms with Gasteiger partial charge in [-0.15, -0.1) is 6.10 Å². The van der Waals surface area contributed by atoms with Gasteiger partial charge in [0.2, 0.25) is 0 Å². The number of carbonyl (C=O) groups is 1. The van der Waals surface area contributed by atoms with Crippen molar-refractivity contribution in [1.82, 2.24) is 0 Å². The van der Waals surface area contributed by atoms with Crippen molar-refractivity contribution in [3.05, 3.63) is 0 Å². The monoisotopic (exact) mass is 101 g/mol. The first-order valence-electron chi connectivity index (χ1n) is 2.28. The van der Waals surface area contributed by atoms with Gasteiger partial charge in [-0.25, -0.2) is 0 Å². The Morgan fingerprint density at radius 1 is 1.86 bits per heavy atom. The van der Waals surface area contributed by atoms with Crippen LogP contribution >= 0.6 is 0 Å². The quantitative estimate of drug-likeness (QED) is 0.479. The normalized spacial score (nSPS) is 13.6. The zero-order valence-corrected chi connectivity index (χ0v) is 4.60. The molecule has 0 bridgehead atoms. The molecule has 0 amide bonds. The Morgan fingerprint density at radius 3 is 2.29 bits per heavy atom. The number of hydrogen-bond donors (Lipinski definition) is 0. The highest BCUT2D eigenvalue weighted by atomic mass is 16.3. The van der Waals surface area contributed by atoms with Crippen molar-refractivity contribution in [2.24, 2.45) is 0 Å². The summed E-state index contributed by atoms with van der Waals surface area (Å²) >= 11 is 0. The van der Waals surface area contributed by atoms with Gasteiger partial charge in [0.05, 0.1) is 0 Å². The molecule has 0 saturated carbocycles. The van der Waals surface area contributed by atoms with Crippen molar-refractivity contribution >= 4 is 5.78 Å². The minimum atomic E-state index is -0.725. The SMILES string of the molecule is CC(=O)CC(C)[O-]. The Morgan fingerprint density at radius 2 is 2.29 bits per heavy atom. The van der Waals surface area contributed by atoms with Gasteiger partial charge in [-0.1, -0.05) is 6.92 Å². The molecule has 2 heteroatoms. The summed E-state index contributed by atoms with van der Waals surface area (Å²) in [7, 11) is 0. The van der Waals surface area contributed by atoms with Crippen molar-refractivity contribution < 1.29 is 9.90 Å². The highest BCUT2D eigenvalue weighted by Crippen LogP contribution is 1.83. The molecular weight excluding hydrogens is 92.1 g/mol. The minimum absolute atomic E-state index is 0.0255. The molecule has 0 fully saturated rings. The first-order valence-corrected chi connectivity index (χ1v) is 2.28. The summed E-state index contributed by atoms with van der Waals surface area (Å²) in [6, 6.07) is 0. The van der Waals surface area contributed by atoms with Crippen molar-refractivity contribution in [2.75, 3.05) is 0 Å². The van der Waals surface area contributed by atoms with Crippen molar-refractivity contribution in [3.63, 3.8) is 0 Å². The zero-order valence-electron chi connectivity index (χ0n) is 4.60. The van der Waals surface area contributed by atoms with Crippen LogP contribution in [0.1, 0.15) is 20.3 Å². The van der Waals surface area contributed by atoms with Crippen LogP contribution in [0.3, 0.4) is 0 Å². The lowest BCUT2D eigenvalue weighted by Gasteiger charge is -2.11. The van der Waals surface area contributed by atoms with Gasteiger partial charge in [0, 0.05) is 0 Å². The van der Waals surface area contributed by atoms with E-state index in [0.29, 0.717) is 0 Å². The van der Waals surface area contributed by atoms with Crippen LogP contribution < -0.4 is 5.11 Å². The van der Waals surface area contributed by atoms with E-state index in [9.17, 15) is 9.90 Å². The average molecular weight is 101 g/mol. The summed E-state index contributed by atoms with van der Waals surface area (Å²) in [5.41, 5.74) is 0. The van der Waals surface area contributed by atoms with Gasteiger partial charge in [0.25, 0.3) is 0 Å². The predicted molar refractivity (Wildman–Crippen MR) is 24.8 cm³/mol. The summed E-state index contributed by atoms with van der Waals surface area (Å²) in [5.74, 6) is -0.0255. The molecule has 0 rings (SSSR count). The fourth-order valence-corrected chi connectivity index (χ4v) is 0.405. The van der Waals surface area contributed by atoms with E-state index in [1.807, 2.05) is 0 Å². The van der Waals surface area contributed by atoms with E-state index in [1.165, 1.54) is 13.8 Å². The second kappa shape index (κ2) is 2.75. The van der Waals surface area contributed by atoms with Crippen LogP contribution in [0.15, 0.2) is 0 Å². The number of carbonyl (C=O) groups excluding carboxylic acids is 1. The molecule has 1 unspecified atom stereocenters. The second-order valence-electron chi connectivity index (χ2n) is 1.72. The Labute approximate surface area is 43.2 Å². The first-order chi connectivity index (χ1) is 3.13. The lowest BCUT2D eigenvalue weighted by atomic mass is 10.2. The summed E-state index contributed by atoms with van der Waals surface area (Å²) in [6.45, 7) is 2.91. The molecule has 0 heterocycles. The second-order valence-corrected chi connectivity index (χ2v) is 1.72. The zero-order chi connectivity index (χ0) is 5.86. The average Bonchev–Trinajstić information content (AvgIpc) is 1.27. The third-order valence-electron chi connectivity index (χ3n) is 0.575. The number of ketones is 1. The van der Waals surface area contributed by atoms with E-state index in [1.54, 1.807) is 0 Å².